The van der Waals surface area contributed by atoms with Gasteiger partial charge in [0.1, 0.15) is 23.6 Å². The third-order valence-electron chi connectivity index (χ3n) is 2.13. The van der Waals surface area contributed by atoms with Crippen molar-refractivity contribution in [3.63, 3.8) is 0 Å². The summed E-state index contributed by atoms with van der Waals surface area (Å²) in [4.78, 5) is 13.8. The minimum absolute atomic E-state index is 0.101. The molecule has 90 valence electrons. The molecule has 0 unspecified atom stereocenters. The van der Waals surface area contributed by atoms with Gasteiger partial charge in [-0.05, 0) is 0 Å². The molecule has 2 heterocycles. The molecule has 0 bridgehead atoms. The molecule has 18 heavy (non-hydrogen) atoms. The molecule has 0 aromatic carbocycles. The fourth-order valence-electron chi connectivity index (χ4n) is 1.28. The van der Waals surface area contributed by atoms with Crippen molar-refractivity contribution in [1.82, 2.24) is 10.1 Å². The fraction of sp³-hybridized carbons (Fsp3) is 0.100. The second-order valence-corrected chi connectivity index (χ2v) is 3.29. The Labute approximate surface area is 101 Å². The van der Waals surface area contributed by atoms with Gasteiger partial charge in [-0.25, -0.2) is 4.98 Å². The van der Waals surface area contributed by atoms with E-state index in [0.717, 1.165) is 12.3 Å². The zero-order valence-electron chi connectivity index (χ0n) is 9.03. The van der Waals surface area contributed by atoms with Crippen LogP contribution in [-0.2, 0) is 6.54 Å². The lowest BCUT2D eigenvalue weighted by molar-refractivity contribution is -0.385. The zero-order chi connectivity index (χ0) is 13.0. The van der Waals surface area contributed by atoms with Crippen LogP contribution in [0.3, 0.4) is 0 Å². The minimum Gasteiger partial charge on any atom is -0.362 e. The molecule has 0 aliphatic heterocycles. The van der Waals surface area contributed by atoms with Gasteiger partial charge in [-0.1, -0.05) is 5.16 Å². The quantitative estimate of drug-likeness (QED) is 0.639. The number of nitrogens with one attached hydrogen (secondary N) is 1. The standard InChI is InChI=1S/C10H7N5O3/c11-4-7-3-8(15(16)17)5-12-10(7)13-6-9-1-2-14-18-9/h1-3,5H,6H2,(H,12,13). The molecule has 0 aliphatic rings. The maximum absolute atomic E-state index is 10.5. The van der Waals surface area contributed by atoms with Gasteiger partial charge in [-0.15, -0.1) is 0 Å². The SMILES string of the molecule is N#Cc1cc([N+](=O)[O-])cnc1NCc1ccno1. The Morgan fingerprint density at radius 3 is 3.06 bits per heavy atom. The number of nitriles is 1. The summed E-state index contributed by atoms with van der Waals surface area (Å²) in [6.07, 6.45) is 2.58. The molecule has 1 N–H and O–H groups in total. The summed E-state index contributed by atoms with van der Waals surface area (Å²) < 4.78 is 4.86. The molecule has 0 amide bonds. The van der Waals surface area contributed by atoms with Gasteiger partial charge in [0.15, 0.2) is 5.76 Å². The molecule has 0 saturated heterocycles. The first-order valence-electron chi connectivity index (χ1n) is 4.88. The number of pyridine rings is 1. The predicted octanol–water partition coefficient (Wildman–Crippen LogP) is 1.46. The van der Waals surface area contributed by atoms with E-state index in [1.807, 2.05) is 6.07 Å². The smallest absolute Gasteiger partial charge is 0.289 e. The van der Waals surface area contributed by atoms with Crippen molar-refractivity contribution >= 4 is 11.5 Å². The highest BCUT2D eigenvalue weighted by Crippen LogP contribution is 2.18. The largest absolute Gasteiger partial charge is 0.362 e. The molecule has 0 aliphatic carbocycles. The molecular formula is C10H7N5O3. The molecule has 0 radical (unpaired) electrons. The summed E-state index contributed by atoms with van der Waals surface area (Å²) in [5, 5.41) is 25.8. The van der Waals surface area contributed by atoms with Crippen LogP contribution in [0.2, 0.25) is 0 Å². The van der Waals surface area contributed by atoms with E-state index in [0.29, 0.717) is 12.3 Å². The van der Waals surface area contributed by atoms with Gasteiger partial charge in [-0.3, -0.25) is 10.1 Å². The van der Waals surface area contributed by atoms with E-state index >= 15 is 0 Å². The van der Waals surface area contributed by atoms with Crippen LogP contribution in [0, 0.1) is 21.4 Å². The molecule has 2 aromatic rings. The van der Waals surface area contributed by atoms with Crippen LogP contribution < -0.4 is 5.32 Å². The number of nitro groups is 1. The monoisotopic (exact) mass is 245 g/mol. The minimum atomic E-state index is -0.603. The van der Waals surface area contributed by atoms with Gasteiger partial charge >= 0.3 is 0 Å². The highest BCUT2D eigenvalue weighted by molar-refractivity contribution is 5.55. The second kappa shape index (κ2) is 4.92. The Morgan fingerprint density at radius 2 is 2.44 bits per heavy atom. The van der Waals surface area contributed by atoms with E-state index in [1.54, 1.807) is 6.07 Å². The van der Waals surface area contributed by atoms with Gasteiger partial charge < -0.3 is 9.84 Å². The Hall–Kier alpha value is -2.95. The summed E-state index contributed by atoms with van der Waals surface area (Å²) in [7, 11) is 0. The molecule has 0 atom stereocenters. The topological polar surface area (TPSA) is 118 Å². The second-order valence-electron chi connectivity index (χ2n) is 3.29. The normalized spacial score (nSPS) is 9.72. The average molecular weight is 245 g/mol. The first kappa shape index (κ1) is 11.5. The number of nitrogens with zero attached hydrogens (tertiary/aromatic N) is 4. The van der Waals surface area contributed by atoms with Crippen LogP contribution in [0.1, 0.15) is 11.3 Å². The highest BCUT2D eigenvalue weighted by atomic mass is 16.6. The number of anilines is 1. The Balaban J connectivity index is 2.18. The summed E-state index contributed by atoms with van der Waals surface area (Å²) in [6.45, 7) is 0.291. The maximum Gasteiger partial charge on any atom is 0.289 e. The summed E-state index contributed by atoms with van der Waals surface area (Å²) in [6, 6.07) is 4.66. The predicted molar refractivity (Wildman–Crippen MR) is 59.4 cm³/mol. The van der Waals surface area contributed by atoms with Crippen LogP contribution >= 0.6 is 0 Å². The van der Waals surface area contributed by atoms with Crippen LogP contribution in [0.5, 0.6) is 0 Å². The van der Waals surface area contributed by atoms with E-state index < -0.39 is 4.92 Å². The first-order valence-corrected chi connectivity index (χ1v) is 4.88. The van der Waals surface area contributed by atoms with Crippen molar-refractivity contribution in [2.45, 2.75) is 6.54 Å². The molecule has 0 saturated carbocycles. The van der Waals surface area contributed by atoms with Crippen LogP contribution in [0.25, 0.3) is 0 Å². The Kier molecular flexibility index (Phi) is 3.15. The third-order valence-corrected chi connectivity index (χ3v) is 2.13. The van der Waals surface area contributed by atoms with E-state index in [2.05, 4.69) is 15.5 Å². The summed E-state index contributed by atoms with van der Waals surface area (Å²) in [5.74, 6) is 0.832. The molecule has 8 heteroatoms. The molecular weight excluding hydrogens is 238 g/mol. The third kappa shape index (κ3) is 2.41. The van der Waals surface area contributed by atoms with Crippen molar-refractivity contribution in [2.24, 2.45) is 0 Å². The van der Waals surface area contributed by atoms with E-state index in [1.165, 1.54) is 6.20 Å². The summed E-state index contributed by atoms with van der Waals surface area (Å²) >= 11 is 0. The van der Waals surface area contributed by atoms with Crippen molar-refractivity contribution < 1.29 is 9.45 Å². The van der Waals surface area contributed by atoms with Crippen molar-refractivity contribution in [2.75, 3.05) is 5.32 Å². The van der Waals surface area contributed by atoms with Crippen molar-refractivity contribution in [3.8, 4) is 6.07 Å². The van der Waals surface area contributed by atoms with Gasteiger partial charge in [0.25, 0.3) is 5.69 Å². The van der Waals surface area contributed by atoms with Crippen molar-refractivity contribution in [3.05, 3.63) is 46.0 Å². The Morgan fingerprint density at radius 1 is 1.61 bits per heavy atom. The molecule has 2 rings (SSSR count). The van der Waals surface area contributed by atoms with Crippen LogP contribution in [0.15, 0.2) is 29.0 Å². The van der Waals surface area contributed by atoms with E-state index in [-0.39, 0.29) is 17.1 Å². The maximum atomic E-state index is 10.5. The van der Waals surface area contributed by atoms with Crippen molar-refractivity contribution in [1.29, 1.82) is 5.26 Å². The molecule has 8 nitrogen and oxygen atoms in total. The van der Waals surface area contributed by atoms with E-state index in [9.17, 15) is 10.1 Å². The lowest BCUT2D eigenvalue weighted by Crippen LogP contribution is -2.03. The molecule has 0 fully saturated rings. The number of rotatable bonds is 4. The lowest BCUT2D eigenvalue weighted by atomic mass is 10.2. The zero-order valence-corrected chi connectivity index (χ0v) is 9.03. The Bertz CT molecular complexity index is 602. The van der Waals surface area contributed by atoms with Gasteiger partial charge in [0, 0.05) is 12.1 Å². The van der Waals surface area contributed by atoms with Gasteiger partial charge in [-0.2, -0.15) is 5.26 Å². The summed E-state index contributed by atoms with van der Waals surface area (Å²) in [5.41, 5.74) is -0.125. The number of aromatic nitrogens is 2. The van der Waals surface area contributed by atoms with Crippen LogP contribution in [-0.4, -0.2) is 15.1 Å². The fourth-order valence-corrected chi connectivity index (χ4v) is 1.28. The molecule has 0 spiro atoms. The number of hydrogen-bond donors (Lipinski definition) is 1. The van der Waals surface area contributed by atoms with Gasteiger partial charge in [0.2, 0.25) is 0 Å². The number of hydrogen-bond acceptors (Lipinski definition) is 7. The molecule has 2 aromatic heterocycles. The first-order chi connectivity index (χ1) is 8.70. The van der Waals surface area contributed by atoms with Gasteiger partial charge in [0.05, 0.1) is 17.7 Å². The lowest BCUT2D eigenvalue weighted by Gasteiger charge is -2.04. The highest BCUT2D eigenvalue weighted by Gasteiger charge is 2.12. The van der Waals surface area contributed by atoms with Crippen LogP contribution in [0.4, 0.5) is 11.5 Å². The average Bonchev–Trinajstić information content (AvgIpc) is 2.89. The van der Waals surface area contributed by atoms with E-state index in [4.69, 9.17) is 9.78 Å².